The van der Waals surface area contributed by atoms with Crippen LogP contribution in [-0.4, -0.2) is 50.3 Å². The highest BCUT2D eigenvalue weighted by Crippen LogP contribution is 2.33. The molecule has 32 heavy (non-hydrogen) atoms. The lowest BCUT2D eigenvalue weighted by Crippen LogP contribution is -2.56. The van der Waals surface area contributed by atoms with Gasteiger partial charge >= 0.3 is 6.18 Å². The third-order valence-corrected chi connectivity index (χ3v) is 6.42. The van der Waals surface area contributed by atoms with E-state index in [1.54, 1.807) is 4.90 Å². The van der Waals surface area contributed by atoms with Crippen molar-refractivity contribution in [2.75, 3.05) is 35.7 Å². The normalized spacial score (nSPS) is 17.5. The minimum absolute atomic E-state index is 0.0174. The average Bonchev–Trinajstić information content (AvgIpc) is 2.71. The second-order valence-corrected chi connectivity index (χ2v) is 9.86. The Hall–Kier alpha value is -2.94. The maximum atomic E-state index is 14.0. The summed E-state index contributed by atoms with van der Waals surface area (Å²) < 4.78 is 76.9. The number of hydrogen-bond donors (Lipinski definition) is 0. The van der Waals surface area contributed by atoms with Gasteiger partial charge in [-0.3, -0.25) is 0 Å². The van der Waals surface area contributed by atoms with E-state index in [0.717, 1.165) is 12.3 Å². The Morgan fingerprint density at radius 1 is 1.25 bits per heavy atom. The van der Waals surface area contributed by atoms with E-state index in [9.17, 15) is 26.0 Å². The van der Waals surface area contributed by atoms with Crippen LogP contribution in [-0.2, 0) is 16.0 Å². The molecule has 0 bridgehead atoms. The largest absolute Gasteiger partial charge is 0.420 e. The number of halogens is 4. The molecule has 0 aliphatic carbocycles. The number of benzene rings is 1. The number of aromatic nitrogens is 2. The molecule has 0 spiro atoms. The van der Waals surface area contributed by atoms with E-state index < -0.39 is 38.0 Å². The van der Waals surface area contributed by atoms with Crippen LogP contribution in [0.3, 0.4) is 0 Å². The Bertz CT molecular complexity index is 1160. The van der Waals surface area contributed by atoms with Crippen molar-refractivity contribution in [3.63, 3.8) is 0 Å². The first kappa shape index (κ1) is 23.7. The Morgan fingerprint density at radius 3 is 2.50 bits per heavy atom. The van der Waals surface area contributed by atoms with Crippen LogP contribution in [0, 0.1) is 23.1 Å². The molecule has 0 radical (unpaired) electrons. The van der Waals surface area contributed by atoms with Gasteiger partial charge in [-0.15, -0.1) is 0 Å². The molecule has 12 heteroatoms. The topological polar surface area (TPSA) is 90.2 Å². The van der Waals surface area contributed by atoms with Gasteiger partial charge in [0.15, 0.2) is 15.5 Å². The molecule has 2 aromatic rings. The molecule has 1 aromatic heterocycles. The second-order valence-electron chi connectivity index (χ2n) is 7.88. The van der Waals surface area contributed by atoms with Gasteiger partial charge in [0.25, 0.3) is 0 Å². The summed E-state index contributed by atoms with van der Waals surface area (Å²) in [5.74, 6) is -0.801. The van der Waals surface area contributed by atoms with Crippen LogP contribution in [0.25, 0.3) is 0 Å². The average molecular weight is 471 g/mol. The van der Waals surface area contributed by atoms with E-state index in [1.807, 2.05) is 18.7 Å². The first-order valence-corrected chi connectivity index (χ1v) is 11.6. The number of nitrogens with zero attached hydrogens (tertiary/aromatic N) is 5. The zero-order valence-corrected chi connectivity index (χ0v) is 18.4. The van der Waals surface area contributed by atoms with E-state index in [2.05, 4.69) is 9.97 Å². The van der Waals surface area contributed by atoms with Gasteiger partial charge in [0.2, 0.25) is 5.95 Å². The molecular weight excluding hydrogens is 450 g/mol. The van der Waals surface area contributed by atoms with Gasteiger partial charge in [-0.2, -0.15) is 18.4 Å². The lowest BCUT2D eigenvalue weighted by molar-refractivity contribution is -0.138. The molecule has 0 amide bonds. The predicted molar refractivity (Wildman–Crippen MR) is 109 cm³/mol. The van der Waals surface area contributed by atoms with E-state index in [1.165, 1.54) is 18.2 Å². The number of nitriles is 1. The number of anilines is 2. The first-order chi connectivity index (χ1) is 14.8. The lowest BCUT2D eigenvalue weighted by atomic mass is 9.99. The highest BCUT2D eigenvalue weighted by atomic mass is 32.2. The molecule has 0 N–H and O–H groups in total. The van der Waals surface area contributed by atoms with Crippen molar-refractivity contribution in [1.29, 1.82) is 5.26 Å². The molecular formula is C20H21F4N5O2S. The fourth-order valence-electron chi connectivity index (χ4n) is 3.64. The van der Waals surface area contributed by atoms with Crippen LogP contribution in [0.5, 0.6) is 0 Å². The van der Waals surface area contributed by atoms with Crippen LogP contribution in [0.4, 0.5) is 29.2 Å². The second kappa shape index (κ2) is 8.54. The summed E-state index contributed by atoms with van der Waals surface area (Å²) >= 11 is 0. The molecule has 172 valence electrons. The summed E-state index contributed by atoms with van der Waals surface area (Å²) in [4.78, 5) is 10.9. The Labute approximate surface area is 183 Å². The minimum atomic E-state index is -4.74. The predicted octanol–water partition coefficient (Wildman–Crippen LogP) is 3.26. The molecule has 1 aromatic carbocycles. The molecule has 1 saturated heterocycles. The summed E-state index contributed by atoms with van der Waals surface area (Å²) in [7, 11) is -3.76. The standard InChI is InChI=1S/C20H21F4N5O2S/c1-12(2)17-11-28(13-4-5-15(21)18(8-13)32(3,30)31)6-7-29(17)19-26-10-14(20(22,23)24)16(9-25)27-19/h4-5,8,10,12,17H,6-7,11H2,1-3H3. The van der Waals surface area contributed by atoms with Crippen molar-refractivity contribution in [3.8, 4) is 6.07 Å². The molecule has 1 aliphatic rings. The fourth-order valence-corrected chi connectivity index (χ4v) is 4.40. The van der Waals surface area contributed by atoms with Gasteiger partial charge in [-0.1, -0.05) is 13.8 Å². The highest BCUT2D eigenvalue weighted by Gasteiger charge is 2.37. The highest BCUT2D eigenvalue weighted by molar-refractivity contribution is 7.90. The van der Waals surface area contributed by atoms with E-state index >= 15 is 0 Å². The van der Waals surface area contributed by atoms with Crippen molar-refractivity contribution in [3.05, 3.63) is 41.5 Å². The summed E-state index contributed by atoms with van der Waals surface area (Å²) in [6, 6.07) is 5.10. The lowest BCUT2D eigenvalue weighted by Gasteiger charge is -2.44. The monoisotopic (exact) mass is 471 g/mol. The molecule has 1 fully saturated rings. The van der Waals surface area contributed by atoms with Crippen molar-refractivity contribution in [1.82, 2.24) is 9.97 Å². The Kier molecular flexibility index (Phi) is 6.33. The Balaban J connectivity index is 1.93. The van der Waals surface area contributed by atoms with Crippen LogP contribution >= 0.6 is 0 Å². The molecule has 0 saturated carbocycles. The summed E-state index contributed by atoms with van der Waals surface area (Å²) in [6.07, 6.45) is -3.19. The third-order valence-electron chi connectivity index (χ3n) is 5.31. The van der Waals surface area contributed by atoms with Crippen LogP contribution in [0.1, 0.15) is 25.1 Å². The van der Waals surface area contributed by atoms with Crippen molar-refractivity contribution < 1.29 is 26.0 Å². The quantitative estimate of drug-likeness (QED) is 0.633. The molecule has 2 heterocycles. The third kappa shape index (κ3) is 4.77. The molecule has 3 rings (SSSR count). The minimum Gasteiger partial charge on any atom is -0.368 e. The number of piperazine rings is 1. The van der Waals surface area contributed by atoms with Gasteiger partial charge in [-0.05, 0) is 24.1 Å². The van der Waals surface area contributed by atoms with E-state index in [-0.39, 0.29) is 17.9 Å². The van der Waals surface area contributed by atoms with Gasteiger partial charge in [0, 0.05) is 37.8 Å². The van der Waals surface area contributed by atoms with Crippen LogP contribution in [0.15, 0.2) is 29.3 Å². The van der Waals surface area contributed by atoms with Crippen LogP contribution in [0.2, 0.25) is 0 Å². The molecule has 1 unspecified atom stereocenters. The van der Waals surface area contributed by atoms with E-state index in [4.69, 9.17) is 5.26 Å². The summed E-state index contributed by atoms with van der Waals surface area (Å²) in [6.45, 7) is 4.89. The summed E-state index contributed by atoms with van der Waals surface area (Å²) in [5, 5.41) is 9.14. The SMILES string of the molecule is CC(C)C1CN(c2ccc(F)c(S(C)(=O)=O)c2)CCN1c1ncc(C(F)(F)F)c(C#N)n1. The van der Waals surface area contributed by atoms with E-state index in [0.29, 0.717) is 31.5 Å². The molecule has 1 aliphatic heterocycles. The van der Waals surface area contributed by atoms with Crippen molar-refractivity contribution in [2.24, 2.45) is 5.92 Å². The molecule has 7 nitrogen and oxygen atoms in total. The zero-order chi connectivity index (χ0) is 23.8. The summed E-state index contributed by atoms with van der Waals surface area (Å²) in [5.41, 5.74) is -1.42. The first-order valence-electron chi connectivity index (χ1n) is 9.68. The van der Waals surface area contributed by atoms with Gasteiger partial charge in [0.1, 0.15) is 22.3 Å². The Morgan fingerprint density at radius 2 is 1.94 bits per heavy atom. The van der Waals surface area contributed by atoms with Crippen molar-refractivity contribution >= 4 is 21.5 Å². The van der Waals surface area contributed by atoms with Gasteiger partial charge in [0.05, 0.1) is 6.04 Å². The maximum Gasteiger partial charge on any atom is 0.420 e. The van der Waals surface area contributed by atoms with Crippen LogP contribution < -0.4 is 9.80 Å². The smallest absolute Gasteiger partial charge is 0.368 e. The fraction of sp³-hybridized carbons (Fsp3) is 0.450. The number of alkyl halides is 3. The zero-order valence-electron chi connectivity index (χ0n) is 17.6. The number of hydrogen-bond acceptors (Lipinski definition) is 7. The number of rotatable bonds is 4. The van der Waals surface area contributed by atoms with Gasteiger partial charge < -0.3 is 9.80 Å². The van der Waals surface area contributed by atoms with Crippen molar-refractivity contribution in [2.45, 2.75) is 31.0 Å². The maximum absolute atomic E-state index is 14.0. The number of sulfone groups is 1. The van der Waals surface area contributed by atoms with Gasteiger partial charge in [-0.25, -0.2) is 22.8 Å². The molecule has 1 atom stereocenters.